The molecule has 3 aromatic rings. The maximum Gasteiger partial charge on any atom is 0.226 e. The fourth-order valence-corrected chi connectivity index (χ4v) is 4.31. The molecule has 5 nitrogen and oxygen atoms in total. The van der Waals surface area contributed by atoms with Gasteiger partial charge in [-0.15, -0.1) is 0 Å². The average Bonchev–Trinajstić information content (AvgIpc) is 3.16. The van der Waals surface area contributed by atoms with Gasteiger partial charge < -0.3 is 5.32 Å². The molecular formula is C22H19ClN4O. The molecule has 140 valence electrons. The first kappa shape index (κ1) is 17.2. The molecule has 0 bridgehead atoms. The van der Waals surface area contributed by atoms with E-state index in [9.17, 15) is 4.79 Å². The molecule has 0 saturated heterocycles. The van der Waals surface area contributed by atoms with Gasteiger partial charge in [0, 0.05) is 22.7 Å². The number of hydrogen-bond donors (Lipinski definition) is 1. The number of nitrogens with one attached hydrogen (secondary N) is 1. The van der Waals surface area contributed by atoms with E-state index in [0.717, 1.165) is 28.8 Å². The number of aryl methyl sites for hydroxylation is 1. The molecule has 6 heteroatoms. The van der Waals surface area contributed by atoms with Gasteiger partial charge in [0.25, 0.3) is 0 Å². The summed E-state index contributed by atoms with van der Waals surface area (Å²) in [5.41, 5.74) is 5.10. The molecule has 28 heavy (non-hydrogen) atoms. The van der Waals surface area contributed by atoms with E-state index in [-0.39, 0.29) is 17.7 Å². The van der Waals surface area contributed by atoms with Crippen molar-refractivity contribution in [1.29, 1.82) is 0 Å². The van der Waals surface area contributed by atoms with Gasteiger partial charge in [-0.1, -0.05) is 53.6 Å². The van der Waals surface area contributed by atoms with Gasteiger partial charge in [-0.05, 0) is 42.5 Å². The minimum absolute atomic E-state index is 0.129. The van der Waals surface area contributed by atoms with Gasteiger partial charge in [-0.2, -0.15) is 10.1 Å². The van der Waals surface area contributed by atoms with Crippen LogP contribution < -0.4 is 5.32 Å². The van der Waals surface area contributed by atoms with Gasteiger partial charge in [0.1, 0.15) is 12.4 Å². The number of halogens is 1. The number of ketones is 1. The number of benzene rings is 2. The largest absolute Gasteiger partial charge is 0.328 e. The molecule has 2 atom stereocenters. The summed E-state index contributed by atoms with van der Waals surface area (Å²) in [6, 6.07) is 15.8. The number of aromatic nitrogens is 3. The number of carbonyl (C=O) groups is 1. The van der Waals surface area contributed by atoms with Crippen LogP contribution in [0.2, 0.25) is 5.02 Å². The molecule has 2 aliphatic rings. The van der Waals surface area contributed by atoms with E-state index in [1.165, 1.54) is 11.9 Å². The van der Waals surface area contributed by atoms with Crippen molar-refractivity contribution >= 4 is 23.3 Å². The number of anilines is 1. The van der Waals surface area contributed by atoms with E-state index in [0.29, 0.717) is 17.4 Å². The van der Waals surface area contributed by atoms with Crippen molar-refractivity contribution in [2.75, 3.05) is 5.32 Å². The molecule has 0 saturated carbocycles. The Morgan fingerprint density at radius 2 is 1.75 bits per heavy atom. The summed E-state index contributed by atoms with van der Waals surface area (Å²) in [5.74, 6) is 0.957. The normalized spacial score (nSPS) is 21.1. The predicted molar refractivity (Wildman–Crippen MR) is 108 cm³/mol. The number of carbonyl (C=O) groups excluding carboxylic acids is 1. The number of rotatable bonds is 2. The van der Waals surface area contributed by atoms with Crippen molar-refractivity contribution in [3.05, 3.63) is 87.8 Å². The first-order valence-electron chi connectivity index (χ1n) is 9.35. The molecule has 0 spiro atoms. The van der Waals surface area contributed by atoms with Gasteiger partial charge in [0.2, 0.25) is 5.95 Å². The Balaban J connectivity index is 1.58. The lowest BCUT2D eigenvalue weighted by Crippen LogP contribution is -2.33. The minimum atomic E-state index is -0.243. The monoisotopic (exact) mass is 390 g/mol. The third-order valence-electron chi connectivity index (χ3n) is 5.60. The van der Waals surface area contributed by atoms with Crippen molar-refractivity contribution in [1.82, 2.24) is 14.8 Å². The highest BCUT2D eigenvalue weighted by Gasteiger charge is 2.39. The van der Waals surface area contributed by atoms with E-state index >= 15 is 0 Å². The van der Waals surface area contributed by atoms with E-state index in [1.807, 2.05) is 28.9 Å². The molecule has 0 radical (unpaired) electrons. The van der Waals surface area contributed by atoms with Gasteiger partial charge >= 0.3 is 0 Å². The van der Waals surface area contributed by atoms with E-state index in [2.05, 4.69) is 46.6 Å². The molecule has 2 heterocycles. The second kappa shape index (κ2) is 6.60. The van der Waals surface area contributed by atoms with Crippen LogP contribution in [0.3, 0.4) is 0 Å². The Morgan fingerprint density at radius 1 is 1.04 bits per heavy atom. The molecule has 5 rings (SSSR count). The Bertz CT molecular complexity index is 1080. The average molecular weight is 391 g/mol. The summed E-state index contributed by atoms with van der Waals surface area (Å²) in [6.45, 7) is 2.06. The number of Topliss-reactive ketones (excluding diaryl/α,β-unsaturated/α-hetero) is 1. The van der Waals surface area contributed by atoms with Gasteiger partial charge in [-0.3, -0.25) is 4.79 Å². The molecule has 2 aromatic carbocycles. The first-order chi connectivity index (χ1) is 13.6. The van der Waals surface area contributed by atoms with Crippen molar-refractivity contribution in [2.45, 2.75) is 31.7 Å². The van der Waals surface area contributed by atoms with E-state index in [4.69, 9.17) is 11.6 Å². The Labute approximate surface area is 168 Å². The second-order valence-electron chi connectivity index (χ2n) is 7.44. The summed E-state index contributed by atoms with van der Waals surface area (Å²) in [5, 5.41) is 8.45. The molecule has 1 N–H and O–H groups in total. The van der Waals surface area contributed by atoms with Crippen LogP contribution in [-0.4, -0.2) is 20.5 Å². The number of allylic oxidation sites excluding steroid dienone is 2. The predicted octanol–water partition coefficient (Wildman–Crippen LogP) is 4.66. The van der Waals surface area contributed by atoms with Gasteiger partial charge in [0.05, 0.1) is 0 Å². The lowest BCUT2D eigenvalue weighted by molar-refractivity contribution is -0.116. The number of fused-ring (bicyclic) bond motifs is 1. The topological polar surface area (TPSA) is 59.8 Å². The van der Waals surface area contributed by atoms with Crippen LogP contribution in [0.1, 0.15) is 41.5 Å². The fraction of sp³-hybridized carbons (Fsp3) is 0.227. The maximum absolute atomic E-state index is 13.3. The second-order valence-corrected chi connectivity index (χ2v) is 7.87. The van der Waals surface area contributed by atoms with Crippen LogP contribution in [0.25, 0.3) is 0 Å². The van der Waals surface area contributed by atoms with E-state index in [1.54, 1.807) is 0 Å². The first-order valence-corrected chi connectivity index (χ1v) is 9.73. The van der Waals surface area contributed by atoms with Crippen molar-refractivity contribution in [3.63, 3.8) is 0 Å². The third kappa shape index (κ3) is 2.83. The quantitative estimate of drug-likeness (QED) is 0.691. The molecule has 0 fully saturated rings. The minimum Gasteiger partial charge on any atom is -0.328 e. The van der Waals surface area contributed by atoms with E-state index < -0.39 is 0 Å². The molecule has 1 aliphatic carbocycles. The Hall–Kier alpha value is -2.92. The number of nitrogens with zero attached hydrogens (tertiary/aromatic N) is 3. The summed E-state index contributed by atoms with van der Waals surface area (Å²) >= 11 is 6.03. The highest BCUT2D eigenvalue weighted by molar-refractivity contribution is 6.30. The molecule has 1 aliphatic heterocycles. The summed E-state index contributed by atoms with van der Waals surface area (Å²) in [4.78, 5) is 17.6. The molecule has 0 unspecified atom stereocenters. The van der Waals surface area contributed by atoms with Crippen molar-refractivity contribution in [2.24, 2.45) is 0 Å². The third-order valence-corrected chi connectivity index (χ3v) is 5.85. The van der Waals surface area contributed by atoms with Crippen molar-refractivity contribution in [3.8, 4) is 0 Å². The van der Waals surface area contributed by atoms with Crippen LogP contribution in [0.4, 0.5) is 5.95 Å². The van der Waals surface area contributed by atoms with Crippen molar-refractivity contribution < 1.29 is 4.79 Å². The Kier molecular flexibility index (Phi) is 4.05. The highest BCUT2D eigenvalue weighted by Crippen LogP contribution is 2.43. The molecular weight excluding hydrogens is 372 g/mol. The molecule has 0 amide bonds. The standard InChI is InChI=1S/C22H19ClN4O/c1-13-2-4-15(5-3-13)21-20-18(26-22-24-12-25-27(21)22)10-16(11-19(20)28)14-6-8-17(23)9-7-14/h2-9,12,16,21H,10-11H2,1H3,(H,24,25,26)/t16-,21-/m1/s1. The fourth-order valence-electron chi connectivity index (χ4n) is 4.18. The lowest BCUT2D eigenvalue weighted by Gasteiger charge is -2.35. The SMILES string of the molecule is Cc1ccc([C@@H]2C3=C(C[C@@H](c4ccc(Cl)cc4)CC3=O)Nc3ncnn32)cc1. The number of hydrogen-bond acceptors (Lipinski definition) is 4. The summed E-state index contributed by atoms with van der Waals surface area (Å²) in [7, 11) is 0. The van der Waals surface area contributed by atoms with Crippen LogP contribution in [0.15, 0.2) is 66.1 Å². The zero-order chi connectivity index (χ0) is 19.3. The molecule has 1 aromatic heterocycles. The van der Waals surface area contributed by atoms with Crippen LogP contribution >= 0.6 is 11.6 Å². The zero-order valence-corrected chi connectivity index (χ0v) is 16.1. The summed E-state index contributed by atoms with van der Waals surface area (Å²) in [6.07, 6.45) is 2.77. The van der Waals surface area contributed by atoms with Crippen LogP contribution in [-0.2, 0) is 4.79 Å². The maximum atomic E-state index is 13.3. The smallest absolute Gasteiger partial charge is 0.226 e. The lowest BCUT2D eigenvalue weighted by atomic mass is 9.78. The van der Waals surface area contributed by atoms with Gasteiger partial charge in [-0.25, -0.2) is 4.68 Å². The highest BCUT2D eigenvalue weighted by atomic mass is 35.5. The summed E-state index contributed by atoms with van der Waals surface area (Å²) < 4.78 is 1.81. The Morgan fingerprint density at radius 3 is 2.50 bits per heavy atom. The van der Waals surface area contributed by atoms with Crippen LogP contribution in [0, 0.1) is 6.92 Å². The van der Waals surface area contributed by atoms with Gasteiger partial charge in [0.15, 0.2) is 5.78 Å². The van der Waals surface area contributed by atoms with Crippen LogP contribution in [0.5, 0.6) is 0 Å². The zero-order valence-electron chi connectivity index (χ0n) is 15.4.